The van der Waals surface area contributed by atoms with Crippen LogP contribution in [0.1, 0.15) is 0 Å². The number of hydrogen-bond donors (Lipinski definition) is 2. The van der Waals surface area contributed by atoms with Gasteiger partial charge >= 0.3 is 0 Å². The second kappa shape index (κ2) is 9.41. The minimum Gasteiger partial charge on any atom is -0.496 e. The lowest BCUT2D eigenvalue weighted by Gasteiger charge is -2.12. The molecule has 3 rings (SSSR count). The standard InChI is InChI=1S/C19H15Cl2IN2O5S2/c1-29-19-9-7-15(11-17(19)22)31(27,28)23-13-3-5-14(6-4-13)30(25,26)24-18-8-2-12(20)10-16(18)21/h2-11,23-24H,1H3. The van der Waals surface area contributed by atoms with Crippen LogP contribution in [0.15, 0.2) is 70.5 Å². The zero-order chi connectivity index (χ0) is 22.8. The molecule has 3 aromatic carbocycles. The molecule has 0 bridgehead atoms. The van der Waals surface area contributed by atoms with Crippen molar-refractivity contribution in [2.75, 3.05) is 16.6 Å². The summed E-state index contributed by atoms with van der Waals surface area (Å²) in [6.07, 6.45) is 0. The number of halogens is 3. The predicted molar refractivity (Wildman–Crippen MR) is 130 cm³/mol. The summed E-state index contributed by atoms with van der Waals surface area (Å²) in [6.45, 7) is 0. The average molecular weight is 613 g/mol. The van der Waals surface area contributed by atoms with Gasteiger partial charge in [0.15, 0.2) is 0 Å². The number of benzene rings is 3. The Morgan fingerprint density at radius 1 is 0.806 bits per heavy atom. The van der Waals surface area contributed by atoms with E-state index in [0.29, 0.717) is 14.3 Å². The molecule has 0 spiro atoms. The lowest BCUT2D eigenvalue weighted by molar-refractivity contribution is 0.411. The lowest BCUT2D eigenvalue weighted by Crippen LogP contribution is -2.15. The third-order valence-corrected chi connectivity index (χ3v) is 8.18. The highest BCUT2D eigenvalue weighted by atomic mass is 127. The molecule has 12 heteroatoms. The molecule has 0 heterocycles. The molecule has 7 nitrogen and oxygen atoms in total. The van der Waals surface area contributed by atoms with Crippen LogP contribution in [0.3, 0.4) is 0 Å². The minimum atomic E-state index is -3.94. The van der Waals surface area contributed by atoms with E-state index in [1.807, 2.05) is 22.6 Å². The highest BCUT2D eigenvalue weighted by molar-refractivity contribution is 14.1. The fourth-order valence-corrected chi connectivity index (χ4v) is 6.13. The molecule has 0 amide bonds. The summed E-state index contributed by atoms with van der Waals surface area (Å²) in [6, 6.07) is 14.1. The van der Waals surface area contributed by atoms with Gasteiger partial charge in [-0.15, -0.1) is 0 Å². The Morgan fingerprint density at radius 2 is 1.42 bits per heavy atom. The zero-order valence-electron chi connectivity index (χ0n) is 15.8. The molecule has 0 aliphatic rings. The van der Waals surface area contributed by atoms with Gasteiger partial charge in [-0.1, -0.05) is 23.2 Å². The van der Waals surface area contributed by atoms with Crippen LogP contribution in [0.4, 0.5) is 11.4 Å². The van der Waals surface area contributed by atoms with Crippen LogP contribution in [0.2, 0.25) is 10.0 Å². The predicted octanol–water partition coefficient (Wildman–Crippen LogP) is 5.21. The van der Waals surface area contributed by atoms with Crippen LogP contribution in [0.5, 0.6) is 5.75 Å². The molecule has 3 aromatic rings. The fraction of sp³-hybridized carbons (Fsp3) is 0.0526. The van der Waals surface area contributed by atoms with Gasteiger partial charge < -0.3 is 4.74 Å². The first-order chi connectivity index (χ1) is 14.5. The Labute approximate surface area is 204 Å². The molecule has 0 unspecified atom stereocenters. The Kier molecular flexibility index (Phi) is 7.26. The molecular weight excluding hydrogens is 598 g/mol. The van der Waals surface area contributed by atoms with E-state index in [4.69, 9.17) is 27.9 Å². The van der Waals surface area contributed by atoms with Gasteiger partial charge in [-0.3, -0.25) is 9.44 Å². The molecule has 0 atom stereocenters. The summed E-state index contributed by atoms with van der Waals surface area (Å²) in [5.74, 6) is 0.558. The highest BCUT2D eigenvalue weighted by Crippen LogP contribution is 2.28. The molecule has 0 radical (unpaired) electrons. The van der Waals surface area contributed by atoms with Crippen molar-refractivity contribution in [3.63, 3.8) is 0 Å². The molecule has 2 N–H and O–H groups in total. The van der Waals surface area contributed by atoms with Crippen LogP contribution in [-0.4, -0.2) is 23.9 Å². The van der Waals surface area contributed by atoms with Gasteiger partial charge in [0.25, 0.3) is 20.0 Å². The Morgan fingerprint density at radius 3 is 2.00 bits per heavy atom. The minimum absolute atomic E-state index is 0.0495. The molecule has 0 aromatic heterocycles. The summed E-state index contributed by atoms with van der Waals surface area (Å²) in [4.78, 5) is -0.0195. The third kappa shape index (κ3) is 5.75. The van der Waals surface area contributed by atoms with E-state index in [9.17, 15) is 16.8 Å². The van der Waals surface area contributed by atoms with Crippen LogP contribution < -0.4 is 14.2 Å². The SMILES string of the molecule is COc1ccc(S(=O)(=O)Nc2ccc(S(=O)(=O)Nc3ccc(Cl)cc3Cl)cc2)cc1I. The van der Waals surface area contributed by atoms with E-state index in [1.165, 1.54) is 61.7 Å². The first kappa shape index (κ1) is 23.9. The number of sulfonamides is 2. The maximum Gasteiger partial charge on any atom is 0.261 e. The lowest BCUT2D eigenvalue weighted by atomic mass is 10.3. The van der Waals surface area contributed by atoms with Crippen LogP contribution >= 0.6 is 45.8 Å². The fourth-order valence-electron chi connectivity index (χ4n) is 2.51. The second-order valence-electron chi connectivity index (χ2n) is 6.16. The first-order valence-corrected chi connectivity index (χ1v) is 13.3. The van der Waals surface area contributed by atoms with Gasteiger partial charge in [0, 0.05) is 10.7 Å². The van der Waals surface area contributed by atoms with Crippen molar-refractivity contribution in [1.29, 1.82) is 0 Å². The van der Waals surface area contributed by atoms with Crippen molar-refractivity contribution < 1.29 is 21.6 Å². The number of rotatable bonds is 7. The van der Waals surface area contributed by atoms with E-state index in [1.54, 1.807) is 6.07 Å². The maximum absolute atomic E-state index is 12.6. The number of nitrogens with one attached hydrogen (secondary N) is 2. The quantitative estimate of drug-likeness (QED) is 0.357. The summed E-state index contributed by atoms with van der Waals surface area (Å²) < 4.78 is 61.0. The van der Waals surface area contributed by atoms with Crippen molar-refractivity contribution in [1.82, 2.24) is 0 Å². The summed E-state index contributed by atoms with van der Waals surface area (Å²) in [5.41, 5.74) is 0.374. The second-order valence-corrected chi connectivity index (χ2v) is 11.5. The number of ether oxygens (including phenoxy) is 1. The molecule has 0 aliphatic carbocycles. The van der Waals surface area contributed by atoms with Crippen molar-refractivity contribution in [2.45, 2.75) is 9.79 Å². The van der Waals surface area contributed by atoms with Crippen molar-refractivity contribution in [3.8, 4) is 5.75 Å². The summed E-state index contributed by atoms with van der Waals surface area (Å²) >= 11 is 13.8. The molecule has 0 saturated carbocycles. The molecular formula is C19H15Cl2IN2O5S2. The molecule has 31 heavy (non-hydrogen) atoms. The van der Waals surface area contributed by atoms with Gasteiger partial charge in [0.2, 0.25) is 0 Å². The molecule has 0 saturated heterocycles. The van der Waals surface area contributed by atoms with Crippen LogP contribution in [0.25, 0.3) is 0 Å². The van der Waals surface area contributed by atoms with E-state index < -0.39 is 20.0 Å². The summed E-state index contributed by atoms with van der Waals surface area (Å²) in [7, 11) is -6.32. The van der Waals surface area contributed by atoms with E-state index in [2.05, 4.69) is 9.44 Å². The summed E-state index contributed by atoms with van der Waals surface area (Å²) in [5, 5.41) is 0.519. The average Bonchev–Trinajstić information content (AvgIpc) is 2.70. The van der Waals surface area contributed by atoms with Gasteiger partial charge in [0.05, 0.1) is 31.2 Å². The number of anilines is 2. The first-order valence-electron chi connectivity index (χ1n) is 8.46. The van der Waals surface area contributed by atoms with Gasteiger partial charge in [0.1, 0.15) is 5.75 Å². The number of hydrogen-bond acceptors (Lipinski definition) is 5. The van der Waals surface area contributed by atoms with Crippen molar-refractivity contribution in [2.24, 2.45) is 0 Å². The maximum atomic E-state index is 12.6. The topological polar surface area (TPSA) is 102 Å². The molecule has 0 aliphatic heterocycles. The zero-order valence-corrected chi connectivity index (χ0v) is 21.1. The Hall–Kier alpha value is -1.73. The van der Waals surface area contributed by atoms with Crippen LogP contribution in [0, 0.1) is 3.57 Å². The van der Waals surface area contributed by atoms with E-state index in [-0.39, 0.29) is 26.2 Å². The molecule has 164 valence electrons. The van der Waals surface area contributed by atoms with Crippen molar-refractivity contribution >= 4 is 77.2 Å². The smallest absolute Gasteiger partial charge is 0.261 e. The normalized spacial score (nSPS) is 11.7. The third-order valence-electron chi connectivity index (χ3n) is 4.03. The van der Waals surface area contributed by atoms with Crippen molar-refractivity contribution in [3.05, 3.63) is 74.3 Å². The van der Waals surface area contributed by atoms with Gasteiger partial charge in [-0.05, 0) is 83.3 Å². The number of methoxy groups -OCH3 is 1. The van der Waals surface area contributed by atoms with Gasteiger partial charge in [-0.2, -0.15) is 0 Å². The van der Waals surface area contributed by atoms with E-state index in [0.717, 1.165) is 0 Å². The monoisotopic (exact) mass is 612 g/mol. The highest BCUT2D eigenvalue weighted by Gasteiger charge is 2.19. The Balaban J connectivity index is 1.80. The Bertz CT molecular complexity index is 1330. The largest absolute Gasteiger partial charge is 0.496 e. The van der Waals surface area contributed by atoms with E-state index >= 15 is 0 Å². The van der Waals surface area contributed by atoms with Gasteiger partial charge in [-0.25, -0.2) is 16.8 Å². The van der Waals surface area contributed by atoms with Crippen LogP contribution in [-0.2, 0) is 20.0 Å². The molecule has 0 fully saturated rings.